The van der Waals surface area contributed by atoms with Gasteiger partial charge in [0.1, 0.15) is 0 Å². The van der Waals surface area contributed by atoms with E-state index in [9.17, 15) is 4.79 Å². The SMILES string of the molecule is O=C(Nc1ccc2c(c1)OCO2)N(Cc1ccoc1)Cc1cccs1. The van der Waals surface area contributed by atoms with Crippen molar-refractivity contribution in [3.63, 3.8) is 0 Å². The number of urea groups is 1. The largest absolute Gasteiger partial charge is 0.472 e. The monoisotopic (exact) mass is 356 g/mol. The maximum Gasteiger partial charge on any atom is 0.322 e. The van der Waals surface area contributed by atoms with Crippen molar-refractivity contribution in [3.05, 3.63) is 64.7 Å². The van der Waals surface area contributed by atoms with Crippen molar-refractivity contribution in [2.75, 3.05) is 12.1 Å². The van der Waals surface area contributed by atoms with Crippen LogP contribution in [-0.4, -0.2) is 17.7 Å². The number of thiophene rings is 1. The Morgan fingerprint density at radius 3 is 2.88 bits per heavy atom. The third-order valence-electron chi connectivity index (χ3n) is 3.79. The van der Waals surface area contributed by atoms with Gasteiger partial charge in [-0.25, -0.2) is 4.79 Å². The number of hydrogen-bond acceptors (Lipinski definition) is 5. The van der Waals surface area contributed by atoms with Crippen LogP contribution in [0.1, 0.15) is 10.4 Å². The average Bonchev–Trinajstić information content (AvgIpc) is 3.36. The van der Waals surface area contributed by atoms with Gasteiger partial charge in [0.25, 0.3) is 0 Å². The average molecular weight is 356 g/mol. The number of anilines is 1. The van der Waals surface area contributed by atoms with E-state index in [0.29, 0.717) is 30.3 Å². The van der Waals surface area contributed by atoms with E-state index in [-0.39, 0.29) is 12.8 Å². The summed E-state index contributed by atoms with van der Waals surface area (Å²) in [4.78, 5) is 15.6. The minimum Gasteiger partial charge on any atom is -0.472 e. The van der Waals surface area contributed by atoms with Gasteiger partial charge in [-0.3, -0.25) is 0 Å². The Labute approximate surface area is 148 Å². The molecule has 7 heteroatoms. The number of fused-ring (bicyclic) bond motifs is 1. The van der Waals surface area contributed by atoms with E-state index in [1.54, 1.807) is 47.0 Å². The van der Waals surface area contributed by atoms with E-state index in [1.807, 2.05) is 23.6 Å². The number of ether oxygens (including phenoxy) is 2. The lowest BCUT2D eigenvalue weighted by atomic mass is 10.2. The molecule has 0 radical (unpaired) electrons. The molecule has 0 unspecified atom stereocenters. The van der Waals surface area contributed by atoms with Gasteiger partial charge in [0, 0.05) is 22.2 Å². The van der Waals surface area contributed by atoms with Gasteiger partial charge in [-0.1, -0.05) is 6.07 Å². The van der Waals surface area contributed by atoms with Crippen molar-refractivity contribution in [2.45, 2.75) is 13.1 Å². The van der Waals surface area contributed by atoms with Gasteiger partial charge in [0.2, 0.25) is 6.79 Å². The first-order valence-corrected chi connectivity index (χ1v) is 8.65. The van der Waals surface area contributed by atoms with E-state index in [0.717, 1.165) is 10.4 Å². The van der Waals surface area contributed by atoms with Crippen LogP contribution in [0, 0.1) is 0 Å². The Morgan fingerprint density at radius 1 is 1.16 bits per heavy atom. The number of nitrogens with one attached hydrogen (secondary N) is 1. The summed E-state index contributed by atoms with van der Waals surface area (Å²) in [5, 5.41) is 4.92. The minimum atomic E-state index is -0.187. The number of amides is 2. The highest BCUT2D eigenvalue weighted by Crippen LogP contribution is 2.34. The van der Waals surface area contributed by atoms with Gasteiger partial charge >= 0.3 is 6.03 Å². The van der Waals surface area contributed by atoms with E-state index >= 15 is 0 Å². The van der Waals surface area contributed by atoms with Crippen LogP contribution in [0.3, 0.4) is 0 Å². The molecule has 0 bridgehead atoms. The molecular formula is C18H16N2O4S. The topological polar surface area (TPSA) is 63.9 Å². The van der Waals surface area contributed by atoms with Gasteiger partial charge < -0.3 is 24.1 Å². The van der Waals surface area contributed by atoms with Crippen molar-refractivity contribution in [1.82, 2.24) is 4.90 Å². The fourth-order valence-electron chi connectivity index (χ4n) is 2.57. The quantitative estimate of drug-likeness (QED) is 0.740. The highest BCUT2D eigenvalue weighted by atomic mass is 32.1. The molecule has 1 aliphatic rings. The summed E-state index contributed by atoms with van der Waals surface area (Å²) < 4.78 is 15.8. The molecular weight excluding hydrogens is 340 g/mol. The minimum absolute atomic E-state index is 0.187. The zero-order chi connectivity index (χ0) is 17.1. The summed E-state index contributed by atoms with van der Waals surface area (Å²) in [6.45, 7) is 1.20. The zero-order valence-electron chi connectivity index (χ0n) is 13.3. The maximum atomic E-state index is 12.8. The third-order valence-corrected chi connectivity index (χ3v) is 4.65. The fourth-order valence-corrected chi connectivity index (χ4v) is 3.29. The van der Waals surface area contributed by atoms with Crippen LogP contribution < -0.4 is 14.8 Å². The smallest absolute Gasteiger partial charge is 0.322 e. The highest BCUT2D eigenvalue weighted by molar-refractivity contribution is 7.09. The Morgan fingerprint density at radius 2 is 2.08 bits per heavy atom. The second-order valence-electron chi connectivity index (χ2n) is 5.57. The molecule has 4 rings (SSSR count). The van der Waals surface area contributed by atoms with Crippen LogP contribution in [0.25, 0.3) is 0 Å². The molecule has 1 aromatic carbocycles. The van der Waals surface area contributed by atoms with Crippen LogP contribution in [0.5, 0.6) is 11.5 Å². The summed E-state index contributed by atoms with van der Waals surface area (Å²) in [6, 6.07) is 11.0. The van der Waals surface area contributed by atoms with Crippen molar-refractivity contribution in [2.24, 2.45) is 0 Å². The van der Waals surface area contributed by atoms with Gasteiger partial charge in [0.05, 0.1) is 25.6 Å². The normalized spacial score (nSPS) is 12.2. The number of nitrogens with zero attached hydrogens (tertiary/aromatic N) is 1. The second kappa shape index (κ2) is 6.90. The second-order valence-corrected chi connectivity index (χ2v) is 6.60. The molecule has 3 heterocycles. The molecule has 0 saturated heterocycles. The number of rotatable bonds is 5. The lowest BCUT2D eigenvalue weighted by Crippen LogP contribution is -2.33. The van der Waals surface area contributed by atoms with Crippen molar-refractivity contribution >= 4 is 23.1 Å². The molecule has 1 aliphatic heterocycles. The summed E-state index contributed by atoms with van der Waals surface area (Å²) in [6.07, 6.45) is 3.25. The maximum absolute atomic E-state index is 12.8. The molecule has 3 aromatic rings. The van der Waals surface area contributed by atoms with Crippen molar-refractivity contribution in [3.8, 4) is 11.5 Å². The highest BCUT2D eigenvalue weighted by Gasteiger charge is 2.18. The summed E-state index contributed by atoms with van der Waals surface area (Å²) in [5.74, 6) is 1.32. The lowest BCUT2D eigenvalue weighted by molar-refractivity contribution is 0.174. The molecule has 0 atom stereocenters. The van der Waals surface area contributed by atoms with Gasteiger partial charge in [-0.15, -0.1) is 11.3 Å². The molecule has 6 nitrogen and oxygen atoms in total. The van der Waals surface area contributed by atoms with E-state index in [1.165, 1.54) is 0 Å². The number of carbonyl (C=O) groups excluding carboxylic acids is 1. The van der Waals surface area contributed by atoms with Crippen LogP contribution in [-0.2, 0) is 13.1 Å². The van der Waals surface area contributed by atoms with E-state index < -0.39 is 0 Å². The molecule has 1 N–H and O–H groups in total. The summed E-state index contributed by atoms with van der Waals surface area (Å²) in [5.41, 5.74) is 1.61. The van der Waals surface area contributed by atoms with Crippen LogP contribution >= 0.6 is 11.3 Å². The standard InChI is InChI=1S/C18H16N2O4S/c21-18(19-14-3-4-16-17(8-14)24-12-23-16)20(9-13-5-6-22-11-13)10-15-2-1-7-25-15/h1-8,11H,9-10,12H2,(H,19,21). The molecule has 0 saturated carbocycles. The predicted octanol–water partition coefficient (Wildman–Crippen LogP) is 4.30. The molecule has 0 fully saturated rings. The molecule has 0 spiro atoms. The fraction of sp³-hybridized carbons (Fsp3) is 0.167. The first-order chi connectivity index (χ1) is 12.3. The number of hydrogen-bond donors (Lipinski definition) is 1. The first-order valence-electron chi connectivity index (χ1n) is 7.77. The Bertz CT molecular complexity index is 810. The molecule has 25 heavy (non-hydrogen) atoms. The molecule has 2 amide bonds. The first kappa shape index (κ1) is 15.6. The summed E-state index contributed by atoms with van der Waals surface area (Å²) in [7, 11) is 0. The van der Waals surface area contributed by atoms with Crippen LogP contribution in [0.15, 0.2) is 58.7 Å². The number of furan rings is 1. The Kier molecular flexibility index (Phi) is 4.30. The van der Waals surface area contributed by atoms with E-state index in [4.69, 9.17) is 13.9 Å². The van der Waals surface area contributed by atoms with Gasteiger partial charge in [0.15, 0.2) is 11.5 Å². The van der Waals surface area contributed by atoms with Crippen LogP contribution in [0.2, 0.25) is 0 Å². The Hall–Kier alpha value is -2.93. The zero-order valence-corrected chi connectivity index (χ0v) is 14.1. The van der Waals surface area contributed by atoms with Crippen molar-refractivity contribution in [1.29, 1.82) is 0 Å². The predicted molar refractivity (Wildman–Crippen MR) is 93.9 cm³/mol. The summed E-state index contributed by atoms with van der Waals surface area (Å²) >= 11 is 1.62. The van der Waals surface area contributed by atoms with Gasteiger partial charge in [-0.2, -0.15) is 0 Å². The van der Waals surface area contributed by atoms with Crippen molar-refractivity contribution < 1.29 is 18.7 Å². The van der Waals surface area contributed by atoms with Crippen LogP contribution in [0.4, 0.5) is 10.5 Å². The third kappa shape index (κ3) is 3.61. The molecule has 128 valence electrons. The lowest BCUT2D eigenvalue weighted by Gasteiger charge is -2.22. The number of benzene rings is 1. The van der Waals surface area contributed by atoms with Gasteiger partial charge in [-0.05, 0) is 29.6 Å². The molecule has 2 aromatic heterocycles. The Balaban J connectivity index is 1.50. The molecule has 0 aliphatic carbocycles. The number of carbonyl (C=O) groups is 1. The van der Waals surface area contributed by atoms with E-state index in [2.05, 4.69) is 5.32 Å².